The van der Waals surface area contributed by atoms with Gasteiger partial charge in [0.25, 0.3) is 0 Å². The van der Waals surface area contributed by atoms with Crippen molar-refractivity contribution in [1.29, 1.82) is 5.26 Å². The topological polar surface area (TPSA) is 93.5 Å². The maximum absolute atomic E-state index is 13.1. The Kier molecular flexibility index (Phi) is 6.44. The molecule has 7 nitrogen and oxygen atoms in total. The van der Waals surface area contributed by atoms with Crippen LogP contribution in [0.15, 0.2) is 65.6 Å². The zero-order chi connectivity index (χ0) is 22.7. The van der Waals surface area contributed by atoms with Gasteiger partial charge in [0.1, 0.15) is 6.07 Å². The SMILES string of the molecule is N#Cc1ccc(NC(=O)CN2CCN(S(=O)(=O)c3ccc4ccccc4c3)CC2)cc1Cl. The summed E-state index contributed by atoms with van der Waals surface area (Å²) in [6.45, 7) is 1.67. The average Bonchev–Trinajstić information content (AvgIpc) is 2.79. The fourth-order valence-electron chi connectivity index (χ4n) is 3.69. The highest BCUT2D eigenvalue weighted by Crippen LogP contribution is 2.23. The highest BCUT2D eigenvalue weighted by molar-refractivity contribution is 7.89. The van der Waals surface area contributed by atoms with Crippen molar-refractivity contribution in [2.24, 2.45) is 0 Å². The van der Waals surface area contributed by atoms with E-state index in [2.05, 4.69) is 5.32 Å². The second-order valence-corrected chi connectivity index (χ2v) is 9.89. The summed E-state index contributed by atoms with van der Waals surface area (Å²) in [5.74, 6) is -0.225. The van der Waals surface area contributed by atoms with Gasteiger partial charge in [-0.05, 0) is 41.1 Å². The number of hydrogen-bond acceptors (Lipinski definition) is 5. The van der Waals surface area contributed by atoms with Crippen molar-refractivity contribution in [3.8, 4) is 6.07 Å². The molecule has 3 aromatic rings. The van der Waals surface area contributed by atoms with Gasteiger partial charge in [0.15, 0.2) is 0 Å². The van der Waals surface area contributed by atoms with Crippen molar-refractivity contribution in [1.82, 2.24) is 9.21 Å². The number of nitrogens with one attached hydrogen (secondary N) is 1. The summed E-state index contributed by atoms with van der Waals surface area (Å²) in [7, 11) is -3.60. The number of rotatable bonds is 5. The quantitative estimate of drug-likeness (QED) is 0.620. The first-order chi connectivity index (χ1) is 15.4. The van der Waals surface area contributed by atoms with E-state index in [4.69, 9.17) is 16.9 Å². The number of carbonyl (C=O) groups excluding carboxylic acids is 1. The molecule has 4 rings (SSSR count). The molecule has 0 bridgehead atoms. The van der Waals surface area contributed by atoms with Crippen molar-refractivity contribution in [3.05, 3.63) is 71.2 Å². The van der Waals surface area contributed by atoms with Crippen LogP contribution in [0.2, 0.25) is 5.02 Å². The Balaban J connectivity index is 1.35. The molecule has 1 heterocycles. The van der Waals surface area contributed by atoms with Gasteiger partial charge in [-0.25, -0.2) is 8.42 Å². The number of hydrogen-bond donors (Lipinski definition) is 1. The Hall–Kier alpha value is -2.96. The molecule has 3 aromatic carbocycles. The second kappa shape index (κ2) is 9.27. The number of halogens is 1. The number of sulfonamides is 1. The number of nitriles is 1. The molecule has 1 N–H and O–H groups in total. The Morgan fingerprint density at radius 2 is 1.72 bits per heavy atom. The number of fused-ring (bicyclic) bond motifs is 1. The van der Waals surface area contributed by atoms with Gasteiger partial charge in [-0.3, -0.25) is 9.69 Å². The van der Waals surface area contributed by atoms with Gasteiger partial charge in [-0.2, -0.15) is 9.57 Å². The van der Waals surface area contributed by atoms with Crippen LogP contribution in [0.5, 0.6) is 0 Å². The number of nitrogens with zero attached hydrogens (tertiary/aromatic N) is 3. The van der Waals surface area contributed by atoms with E-state index >= 15 is 0 Å². The number of benzene rings is 3. The highest BCUT2D eigenvalue weighted by atomic mass is 35.5. The molecular weight excluding hydrogens is 448 g/mol. The Labute approximate surface area is 191 Å². The minimum Gasteiger partial charge on any atom is -0.325 e. The van der Waals surface area contributed by atoms with E-state index in [1.54, 1.807) is 24.3 Å². The molecule has 32 heavy (non-hydrogen) atoms. The fraction of sp³-hybridized carbons (Fsp3) is 0.217. The standard InChI is InChI=1S/C23H21ClN4O3S/c24-22-14-20(7-5-19(22)15-25)26-23(29)16-27-9-11-28(12-10-27)32(30,31)21-8-6-17-3-1-2-4-18(17)13-21/h1-8,13-14H,9-12,16H2,(H,26,29). The molecule has 1 amide bonds. The molecule has 1 fully saturated rings. The van der Waals surface area contributed by atoms with Gasteiger partial charge in [-0.15, -0.1) is 0 Å². The molecule has 0 radical (unpaired) electrons. The lowest BCUT2D eigenvalue weighted by Gasteiger charge is -2.33. The number of piperazine rings is 1. The molecule has 0 aliphatic carbocycles. The first-order valence-corrected chi connectivity index (χ1v) is 11.9. The maximum Gasteiger partial charge on any atom is 0.243 e. The molecule has 1 saturated heterocycles. The number of carbonyl (C=O) groups is 1. The van der Waals surface area contributed by atoms with Crippen LogP contribution in [0, 0.1) is 11.3 Å². The van der Waals surface area contributed by atoms with E-state index < -0.39 is 10.0 Å². The molecule has 9 heteroatoms. The van der Waals surface area contributed by atoms with Crippen molar-refractivity contribution < 1.29 is 13.2 Å². The van der Waals surface area contributed by atoms with Crippen LogP contribution in [0.4, 0.5) is 5.69 Å². The van der Waals surface area contributed by atoms with Crippen LogP contribution >= 0.6 is 11.6 Å². The monoisotopic (exact) mass is 468 g/mol. The largest absolute Gasteiger partial charge is 0.325 e. The maximum atomic E-state index is 13.1. The van der Waals surface area contributed by atoms with Crippen molar-refractivity contribution in [2.45, 2.75) is 4.90 Å². The molecule has 164 valence electrons. The van der Waals surface area contributed by atoms with E-state index in [1.807, 2.05) is 41.3 Å². The van der Waals surface area contributed by atoms with Gasteiger partial charge >= 0.3 is 0 Å². The van der Waals surface area contributed by atoms with E-state index in [9.17, 15) is 13.2 Å². The van der Waals surface area contributed by atoms with Gasteiger partial charge in [0.2, 0.25) is 15.9 Å². The second-order valence-electron chi connectivity index (χ2n) is 7.54. The van der Waals surface area contributed by atoms with Crippen molar-refractivity contribution >= 4 is 44.0 Å². The van der Waals surface area contributed by atoms with Crippen LogP contribution in [0.3, 0.4) is 0 Å². The summed E-state index contributed by atoms with van der Waals surface area (Å²) in [5, 5.41) is 13.8. The molecule has 0 aromatic heterocycles. The Morgan fingerprint density at radius 3 is 2.41 bits per heavy atom. The Morgan fingerprint density at radius 1 is 1.00 bits per heavy atom. The fourth-order valence-corrected chi connectivity index (χ4v) is 5.37. The number of anilines is 1. The molecule has 0 unspecified atom stereocenters. The summed E-state index contributed by atoms with van der Waals surface area (Å²) >= 11 is 6.00. The van der Waals surface area contributed by atoms with Crippen LogP contribution in [-0.2, 0) is 14.8 Å². The van der Waals surface area contributed by atoms with E-state index in [0.717, 1.165) is 10.8 Å². The molecule has 0 atom stereocenters. The third kappa shape index (κ3) is 4.76. The zero-order valence-electron chi connectivity index (χ0n) is 17.2. The third-order valence-electron chi connectivity index (χ3n) is 5.43. The predicted octanol–water partition coefficient (Wildman–Crippen LogP) is 3.31. The summed E-state index contributed by atoms with van der Waals surface area (Å²) in [4.78, 5) is 14.6. The van der Waals surface area contributed by atoms with E-state index in [0.29, 0.717) is 37.4 Å². The molecule has 0 spiro atoms. The van der Waals surface area contributed by atoms with Crippen molar-refractivity contribution in [2.75, 3.05) is 38.0 Å². The number of amides is 1. The van der Waals surface area contributed by atoms with Crippen molar-refractivity contribution in [3.63, 3.8) is 0 Å². The first-order valence-electron chi connectivity index (χ1n) is 10.1. The molecule has 1 aliphatic heterocycles. The molecular formula is C23H21ClN4O3S. The Bertz CT molecular complexity index is 1310. The van der Waals surface area contributed by atoms with Gasteiger partial charge in [0, 0.05) is 31.9 Å². The molecule has 1 aliphatic rings. The predicted molar refractivity (Wildman–Crippen MR) is 124 cm³/mol. The van der Waals surface area contributed by atoms with Crippen LogP contribution in [0.1, 0.15) is 5.56 Å². The minimum absolute atomic E-state index is 0.140. The third-order valence-corrected chi connectivity index (χ3v) is 7.64. The molecule has 0 saturated carbocycles. The van der Waals surface area contributed by atoms with Gasteiger partial charge in [-0.1, -0.05) is 41.9 Å². The van der Waals surface area contributed by atoms with Gasteiger partial charge in [0.05, 0.1) is 22.0 Å². The summed E-state index contributed by atoms with van der Waals surface area (Å²) < 4.78 is 27.6. The minimum atomic E-state index is -3.60. The summed E-state index contributed by atoms with van der Waals surface area (Å²) in [6, 6.07) is 19.5. The van der Waals surface area contributed by atoms with Crippen LogP contribution in [-0.4, -0.2) is 56.3 Å². The smallest absolute Gasteiger partial charge is 0.243 e. The normalized spacial score (nSPS) is 15.4. The summed E-state index contributed by atoms with van der Waals surface area (Å²) in [5.41, 5.74) is 0.852. The van der Waals surface area contributed by atoms with E-state index in [1.165, 1.54) is 10.4 Å². The van der Waals surface area contributed by atoms with E-state index in [-0.39, 0.29) is 22.4 Å². The average molecular weight is 469 g/mol. The van der Waals surface area contributed by atoms with Gasteiger partial charge < -0.3 is 5.32 Å². The first kappa shape index (κ1) is 22.2. The van der Waals surface area contributed by atoms with Crippen LogP contribution < -0.4 is 5.32 Å². The van der Waals surface area contributed by atoms with Crippen LogP contribution in [0.25, 0.3) is 10.8 Å². The zero-order valence-corrected chi connectivity index (χ0v) is 18.7. The lowest BCUT2D eigenvalue weighted by atomic mass is 10.1. The lowest BCUT2D eigenvalue weighted by molar-refractivity contribution is -0.117. The highest BCUT2D eigenvalue weighted by Gasteiger charge is 2.29. The lowest BCUT2D eigenvalue weighted by Crippen LogP contribution is -2.50. The summed E-state index contributed by atoms with van der Waals surface area (Å²) in [6.07, 6.45) is 0.